The Morgan fingerprint density at radius 1 is 1.21 bits per heavy atom. The Kier molecular flexibility index (Phi) is 4.59. The SMILES string of the molecule is Cc1c(C(=O)NCC(O)c2ccc(F)cc2)sc2cccc(F)c12. The molecule has 0 bridgehead atoms. The highest BCUT2D eigenvalue weighted by molar-refractivity contribution is 7.21. The van der Waals surface area contributed by atoms with Gasteiger partial charge >= 0.3 is 0 Å². The highest BCUT2D eigenvalue weighted by Gasteiger charge is 2.18. The Bertz CT molecular complexity index is 890. The van der Waals surface area contributed by atoms with Gasteiger partial charge in [-0.25, -0.2) is 8.78 Å². The standard InChI is InChI=1S/C18H15F2NO2S/c1-10-16-13(20)3-2-4-15(16)24-17(10)18(23)21-9-14(22)11-5-7-12(19)8-6-11/h2-8,14,22H,9H2,1H3,(H,21,23). The summed E-state index contributed by atoms with van der Waals surface area (Å²) in [6, 6.07) is 10.2. The predicted molar refractivity (Wildman–Crippen MR) is 90.2 cm³/mol. The van der Waals surface area contributed by atoms with Crippen LogP contribution in [0.5, 0.6) is 0 Å². The zero-order valence-electron chi connectivity index (χ0n) is 12.8. The largest absolute Gasteiger partial charge is 0.387 e. The van der Waals surface area contributed by atoms with E-state index < -0.39 is 11.9 Å². The van der Waals surface area contributed by atoms with Crippen LogP contribution in [0.2, 0.25) is 0 Å². The van der Waals surface area contributed by atoms with Gasteiger partial charge in [-0.05, 0) is 42.3 Å². The number of carbonyl (C=O) groups is 1. The van der Waals surface area contributed by atoms with E-state index in [-0.39, 0.29) is 18.3 Å². The van der Waals surface area contributed by atoms with Crippen molar-refractivity contribution in [1.82, 2.24) is 5.32 Å². The number of hydrogen-bond acceptors (Lipinski definition) is 3. The fraction of sp³-hybridized carbons (Fsp3) is 0.167. The van der Waals surface area contributed by atoms with Crippen molar-refractivity contribution >= 4 is 27.3 Å². The summed E-state index contributed by atoms with van der Waals surface area (Å²) >= 11 is 1.21. The molecule has 1 atom stereocenters. The third-order valence-corrected chi connectivity index (χ3v) is 5.08. The molecule has 124 valence electrons. The number of aliphatic hydroxyl groups is 1. The van der Waals surface area contributed by atoms with Gasteiger partial charge in [-0.2, -0.15) is 0 Å². The molecule has 1 heterocycles. The lowest BCUT2D eigenvalue weighted by Gasteiger charge is -2.12. The summed E-state index contributed by atoms with van der Waals surface area (Å²) in [5.41, 5.74) is 1.10. The van der Waals surface area contributed by atoms with Gasteiger partial charge < -0.3 is 10.4 Å². The van der Waals surface area contributed by atoms with Crippen molar-refractivity contribution in [3.05, 3.63) is 70.1 Å². The molecule has 2 N–H and O–H groups in total. The van der Waals surface area contributed by atoms with Crippen molar-refractivity contribution in [3.8, 4) is 0 Å². The van der Waals surface area contributed by atoms with Gasteiger partial charge in [0.25, 0.3) is 5.91 Å². The van der Waals surface area contributed by atoms with E-state index in [4.69, 9.17) is 0 Å². The number of benzene rings is 2. The molecule has 3 aromatic rings. The molecular formula is C18H15F2NO2S. The van der Waals surface area contributed by atoms with Crippen molar-refractivity contribution in [2.45, 2.75) is 13.0 Å². The van der Waals surface area contributed by atoms with Gasteiger partial charge in [0.2, 0.25) is 0 Å². The number of hydrogen-bond donors (Lipinski definition) is 2. The first-order valence-electron chi connectivity index (χ1n) is 7.36. The van der Waals surface area contributed by atoms with Crippen LogP contribution in [0.15, 0.2) is 42.5 Å². The first-order chi connectivity index (χ1) is 11.5. The molecule has 0 fully saturated rings. The van der Waals surface area contributed by atoms with E-state index in [1.807, 2.05) is 0 Å². The van der Waals surface area contributed by atoms with Crippen LogP contribution >= 0.6 is 11.3 Å². The molecule has 0 spiro atoms. The highest BCUT2D eigenvalue weighted by atomic mass is 32.1. The monoisotopic (exact) mass is 347 g/mol. The van der Waals surface area contributed by atoms with Gasteiger partial charge in [-0.3, -0.25) is 4.79 Å². The number of carbonyl (C=O) groups excluding carboxylic acids is 1. The van der Waals surface area contributed by atoms with E-state index in [0.29, 0.717) is 26.1 Å². The Labute approximate surface area is 141 Å². The summed E-state index contributed by atoms with van der Waals surface area (Å²) in [7, 11) is 0. The maximum atomic E-state index is 13.9. The molecule has 0 saturated carbocycles. The van der Waals surface area contributed by atoms with E-state index in [2.05, 4.69) is 5.32 Å². The molecule has 6 heteroatoms. The van der Waals surface area contributed by atoms with Crippen LogP contribution in [-0.2, 0) is 0 Å². The summed E-state index contributed by atoms with van der Waals surface area (Å²) in [5.74, 6) is -1.11. The van der Waals surface area contributed by atoms with Gasteiger partial charge in [0.05, 0.1) is 11.0 Å². The fourth-order valence-corrected chi connectivity index (χ4v) is 3.68. The summed E-state index contributed by atoms with van der Waals surface area (Å²) in [6.45, 7) is 1.69. The molecule has 0 aliphatic heterocycles. The maximum Gasteiger partial charge on any atom is 0.261 e. The number of aryl methyl sites for hydroxylation is 1. The molecule has 3 nitrogen and oxygen atoms in total. The Morgan fingerprint density at radius 2 is 1.92 bits per heavy atom. The summed E-state index contributed by atoms with van der Waals surface area (Å²) < 4.78 is 27.5. The summed E-state index contributed by atoms with van der Waals surface area (Å²) in [5, 5.41) is 13.2. The predicted octanol–water partition coefficient (Wildman–Crippen LogP) is 3.95. The molecule has 1 aromatic heterocycles. The minimum absolute atomic E-state index is 0.0133. The first kappa shape index (κ1) is 16.5. The Hall–Kier alpha value is -2.31. The molecular weight excluding hydrogens is 332 g/mol. The van der Waals surface area contributed by atoms with Crippen molar-refractivity contribution in [2.75, 3.05) is 6.54 Å². The van der Waals surface area contributed by atoms with Crippen molar-refractivity contribution < 1.29 is 18.7 Å². The summed E-state index contributed by atoms with van der Waals surface area (Å²) in [6.07, 6.45) is -0.944. The molecule has 3 rings (SSSR count). The molecule has 0 aliphatic rings. The molecule has 2 aromatic carbocycles. The quantitative estimate of drug-likeness (QED) is 0.751. The number of thiophene rings is 1. The average molecular weight is 347 g/mol. The van der Waals surface area contributed by atoms with Gasteiger partial charge in [0, 0.05) is 16.6 Å². The number of aliphatic hydroxyl groups excluding tert-OH is 1. The second-order valence-corrected chi connectivity index (χ2v) is 6.50. The van der Waals surface area contributed by atoms with Crippen molar-refractivity contribution in [3.63, 3.8) is 0 Å². The second kappa shape index (κ2) is 6.67. The third kappa shape index (κ3) is 3.16. The van der Waals surface area contributed by atoms with Gasteiger partial charge in [0.1, 0.15) is 11.6 Å². The second-order valence-electron chi connectivity index (χ2n) is 5.45. The zero-order valence-corrected chi connectivity index (χ0v) is 13.7. The van der Waals surface area contributed by atoms with E-state index in [0.717, 1.165) is 0 Å². The molecule has 0 radical (unpaired) electrons. The number of fused-ring (bicyclic) bond motifs is 1. The van der Waals surface area contributed by atoms with E-state index in [9.17, 15) is 18.7 Å². The minimum Gasteiger partial charge on any atom is -0.387 e. The van der Waals surface area contributed by atoms with E-state index in [1.54, 1.807) is 19.1 Å². The number of halogens is 2. The molecule has 0 aliphatic carbocycles. The molecule has 1 amide bonds. The average Bonchev–Trinajstić information content (AvgIpc) is 2.91. The van der Waals surface area contributed by atoms with Crippen LogP contribution in [0, 0.1) is 18.6 Å². The molecule has 1 unspecified atom stereocenters. The number of amides is 1. The minimum atomic E-state index is -0.944. The Balaban J connectivity index is 1.74. The summed E-state index contributed by atoms with van der Waals surface area (Å²) in [4.78, 5) is 12.8. The molecule has 0 saturated heterocycles. The van der Waals surface area contributed by atoms with Gasteiger partial charge in [-0.1, -0.05) is 18.2 Å². The van der Waals surface area contributed by atoms with Crippen molar-refractivity contribution in [2.24, 2.45) is 0 Å². The van der Waals surface area contributed by atoms with Gasteiger partial charge in [0.15, 0.2) is 0 Å². The lowest BCUT2D eigenvalue weighted by molar-refractivity contribution is 0.0920. The lowest BCUT2D eigenvalue weighted by Crippen LogP contribution is -2.28. The van der Waals surface area contributed by atoms with E-state index in [1.165, 1.54) is 41.7 Å². The third-order valence-electron chi connectivity index (χ3n) is 3.82. The smallest absolute Gasteiger partial charge is 0.261 e. The fourth-order valence-electron chi connectivity index (χ4n) is 2.54. The van der Waals surface area contributed by atoms with Crippen molar-refractivity contribution in [1.29, 1.82) is 0 Å². The normalized spacial score (nSPS) is 12.3. The van der Waals surface area contributed by atoms with Crippen LogP contribution in [-0.4, -0.2) is 17.6 Å². The van der Waals surface area contributed by atoms with Crippen LogP contribution in [0.4, 0.5) is 8.78 Å². The number of rotatable bonds is 4. The number of nitrogens with one attached hydrogen (secondary N) is 1. The lowest BCUT2D eigenvalue weighted by atomic mass is 10.1. The van der Waals surface area contributed by atoms with Gasteiger partial charge in [-0.15, -0.1) is 11.3 Å². The first-order valence-corrected chi connectivity index (χ1v) is 8.18. The maximum absolute atomic E-state index is 13.9. The van der Waals surface area contributed by atoms with Crippen LogP contribution in [0.1, 0.15) is 26.9 Å². The van der Waals surface area contributed by atoms with Crippen LogP contribution in [0.25, 0.3) is 10.1 Å². The topological polar surface area (TPSA) is 49.3 Å². The Morgan fingerprint density at radius 3 is 2.58 bits per heavy atom. The molecule has 24 heavy (non-hydrogen) atoms. The van der Waals surface area contributed by atoms with Crippen LogP contribution < -0.4 is 5.32 Å². The van der Waals surface area contributed by atoms with E-state index >= 15 is 0 Å². The highest BCUT2D eigenvalue weighted by Crippen LogP contribution is 2.32. The van der Waals surface area contributed by atoms with Crippen LogP contribution in [0.3, 0.4) is 0 Å². The zero-order chi connectivity index (χ0) is 17.3.